The van der Waals surface area contributed by atoms with Crippen LogP contribution in [0.4, 0.5) is 0 Å². The molecule has 0 aliphatic heterocycles. The van der Waals surface area contributed by atoms with E-state index in [2.05, 4.69) is 56.2 Å². The van der Waals surface area contributed by atoms with Crippen molar-refractivity contribution in [2.75, 3.05) is 0 Å². The van der Waals surface area contributed by atoms with Crippen molar-refractivity contribution in [2.45, 2.75) is 37.0 Å². The van der Waals surface area contributed by atoms with Gasteiger partial charge in [0.1, 0.15) is 10.5 Å². The molecule has 1 aromatic carbocycles. The van der Waals surface area contributed by atoms with Crippen LogP contribution in [0.2, 0.25) is 0 Å². The first kappa shape index (κ1) is 12.7. The van der Waals surface area contributed by atoms with Crippen molar-refractivity contribution in [1.29, 1.82) is 0 Å². The molecule has 2 aliphatic rings. The van der Waals surface area contributed by atoms with Crippen LogP contribution in [-0.4, -0.2) is 9.97 Å². The first-order valence-electron chi connectivity index (χ1n) is 7.06. The van der Waals surface area contributed by atoms with Gasteiger partial charge in [-0.1, -0.05) is 42.5 Å². The van der Waals surface area contributed by atoms with E-state index < -0.39 is 0 Å². The normalized spacial score (nSPS) is 19.9. The van der Waals surface area contributed by atoms with Crippen molar-refractivity contribution in [2.24, 2.45) is 0 Å². The highest BCUT2D eigenvalue weighted by atomic mass is 79.9. The fraction of sp³-hybridized carbons (Fsp3) is 0.375. The minimum Gasteiger partial charge on any atom is -0.345 e. The number of rotatable bonds is 3. The molecule has 2 fully saturated rings. The summed E-state index contributed by atoms with van der Waals surface area (Å²) in [5, 5.41) is 0. The first-order valence-corrected chi connectivity index (χ1v) is 8.26. The smallest absolute Gasteiger partial charge is 0.144 e. The van der Waals surface area contributed by atoms with Gasteiger partial charge in [-0.15, -0.1) is 0 Å². The van der Waals surface area contributed by atoms with Crippen molar-refractivity contribution in [3.8, 4) is 0 Å². The van der Waals surface area contributed by atoms with Gasteiger partial charge in [0, 0.05) is 11.6 Å². The van der Waals surface area contributed by atoms with Crippen LogP contribution in [-0.2, 0) is 5.41 Å². The largest absolute Gasteiger partial charge is 0.345 e. The Balaban J connectivity index is 1.85. The van der Waals surface area contributed by atoms with E-state index in [0.29, 0.717) is 10.6 Å². The summed E-state index contributed by atoms with van der Waals surface area (Å²) in [6.45, 7) is 0. The summed E-state index contributed by atoms with van der Waals surface area (Å²) in [6, 6.07) is 10.7. The molecule has 0 radical (unpaired) electrons. The number of aromatic nitrogens is 2. The molecule has 0 spiro atoms. The average Bonchev–Trinajstić information content (AvgIpc) is 3.36. The second-order valence-corrected chi connectivity index (χ2v) is 7.02. The summed E-state index contributed by atoms with van der Waals surface area (Å²) in [7, 11) is 0. The predicted molar refractivity (Wildman–Crippen MR) is 85.6 cm³/mol. The molecule has 0 amide bonds. The summed E-state index contributed by atoms with van der Waals surface area (Å²) in [6.07, 6.45) is 4.82. The third kappa shape index (κ3) is 1.97. The van der Waals surface area contributed by atoms with Crippen LogP contribution in [0.3, 0.4) is 0 Å². The van der Waals surface area contributed by atoms with E-state index in [1.165, 1.54) is 24.1 Å². The summed E-state index contributed by atoms with van der Waals surface area (Å²) < 4.78 is 1.69. The Bertz CT molecular complexity index is 715. The van der Waals surface area contributed by atoms with Gasteiger partial charge in [-0.05, 0) is 47.2 Å². The van der Waals surface area contributed by atoms with Crippen LogP contribution in [0, 0.1) is 4.64 Å². The lowest BCUT2D eigenvalue weighted by atomic mass is 9.95. The molecule has 0 unspecified atom stereocenters. The van der Waals surface area contributed by atoms with Gasteiger partial charge in [0.25, 0.3) is 0 Å². The van der Waals surface area contributed by atoms with E-state index in [4.69, 9.17) is 12.2 Å². The van der Waals surface area contributed by atoms with Crippen molar-refractivity contribution >= 4 is 28.1 Å². The zero-order valence-electron chi connectivity index (χ0n) is 11.0. The molecule has 2 nitrogen and oxygen atoms in total. The lowest BCUT2D eigenvalue weighted by Gasteiger charge is -2.17. The molecule has 102 valence electrons. The van der Waals surface area contributed by atoms with Crippen molar-refractivity contribution in [1.82, 2.24) is 9.97 Å². The van der Waals surface area contributed by atoms with Gasteiger partial charge in [-0.3, -0.25) is 0 Å². The molecule has 0 bridgehead atoms. The zero-order valence-corrected chi connectivity index (χ0v) is 13.4. The highest BCUT2D eigenvalue weighted by Crippen LogP contribution is 2.53. The fourth-order valence-corrected chi connectivity index (χ4v) is 3.61. The molecule has 4 heteroatoms. The van der Waals surface area contributed by atoms with Gasteiger partial charge in [-0.25, -0.2) is 4.98 Å². The van der Waals surface area contributed by atoms with E-state index >= 15 is 0 Å². The van der Waals surface area contributed by atoms with Crippen LogP contribution >= 0.6 is 28.1 Å². The fourth-order valence-electron chi connectivity index (χ4n) is 2.90. The van der Waals surface area contributed by atoms with E-state index in [1.807, 2.05) is 0 Å². The molecule has 0 saturated heterocycles. The number of hydrogen-bond donors (Lipinski definition) is 1. The second kappa shape index (κ2) is 4.50. The Morgan fingerprint density at radius 2 is 1.90 bits per heavy atom. The van der Waals surface area contributed by atoms with Gasteiger partial charge < -0.3 is 4.98 Å². The monoisotopic (exact) mass is 346 g/mol. The van der Waals surface area contributed by atoms with E-state index in [-0.39, 0.29) is 5.41 Å². The number of halogens is 1. The number of H-pyrrole nitrogens is 1. The maximum atomic E-state index is 5.44. The van der Waals surface area contributed by atoms with Crippen LogP contribution in [0.1, 0.15) is 48.7 Å². The molecule has 4 rings (SSSR count). The Hall–Kier alpha value is -1.00. The lowest BCUT2D eigenvalue weighted by Crippen LogP contribution is -2.15. The molecular weight excluding hydrogens is 332 g/mol. The number of nitrogens with one attached hydrogen (secondary N) is 1. The van der Waals surface area contributed by atoms with Crippen molar-refractivity contribution < 1.29 is 0 Å². The van der Waals surface area contributed by atoms with Crippen LogP contribution < -0.4 is 0 Å². The Labute approximate surface area is 131 Å². The Kier molecular flexibility index (Phi) is 2.86. The highest BCUT2D eigenvalue weighted by Gasteiger charge is 2.48. The van der Waals surface area contributed by atoms with Crippen LogP contribution in [0.15, 0.2) is 34.8 Å². The Morgan fingerprint density at radius 3 is 2.50 bits per heavy atom. The maximum absolute atomic E-state index is 5.44. The third-order valence-electron chi connectivity index (χ3n) is 4.41. The molecule has 2 aromatic rings. The molecule has 1 N–H and O–H groups in total. The molecular formula is C16H15BrN2S. The molecule has 0 atom stereocenters. The van der Waals surface area contributed by atoms with E-state index in [9.17, 15) is 0 Å². The van der Waals surface area contributed by atoms with Crippen molar-refractivity contribution in [3.63, 3.8) is 0 Å². The van der Waals surface area contributed by atoms with Gasteiger partial charge in [-0.2, -0.15) is 0 Å². The minimum absolute atomic E-state index is 0.0686. The second-order valence-electron chi connectivity index (χ2n) is 5.84. The van der Waals surface area contributed by atoms with Crippen LogP contribution in [0.5, 0.6) is 0 Å². The molecule has 20 heavy (non-hydrogen) atoms. The van der Waals surface area contributed by atoms with Gasteiger partial charge in [0.2, 0.25) is 0 Å². The maximum Gasteiger partial charge on any atom is 0.144 e. The van der Waals surface area contributed by atoms with Gasteiger partial charge in [0.05, 0.1) is 9.89 Å². The molecule has 2 saturated carbocycles. The SMILES string of the molecule is S=c1nc(C2(c3ccccc3)CC2)[nH]c(C2CC2)c1Br. The molecule has 1 heterocycles. The van der Waals surface area contributed by atoms with Crippen LogP contribution in [0.25, 0.3) is 0 Å². The topological polar surface area (TPSA) is 28.7 Å². The third-order valence-corrected chi connectivity index (χ3v) is 5.77. The number of nitrogens with zero attached hydrogens (tertiary/aromatic N) is 1. The zero-order chi connectivity index (χ0) is 13.7. The van der Waals surface area contributed by atoms with E-state index in [1.54, 1.807) is 0 Å². The Morgan fingerprint density at radius 1 is 1.20 bits per heavy atom. The summed E-state index contributed by atoms with van der Waals surface area (Å²) >= 11 is 9.04. The standard InChI is InChI=1S/C16H15BrN2S/c17-12-13(10-6-7-10)18-15(19-14(12)20)16(8-9-16)11-4-2-1-3-5-11/h1-5,10H,6-9H2,(H,18,19,20). The highest BCUT2D eigenvalue weighted by molar-refractivity contribution is 9.10. The quantitative estimate of drug-likeness (QED) is 0.804. The molecule has 2 aliphatic carbocycles. The number of hydrogen-bond acceptors (Lipinski definition) is 2. The summed E-state index contributed by atoms with van der Waals surface area (Å²) in [5.74, 6) is 1.69. The van der Waals surface area contributed by atoms with Gasteiger partial charge >= 0.3 is 0 Å². The van der Waals surface area contributed by atoms with Crippen molar-refractivity contribution in [3.05, 3.63) is 56.5 Å². The van der Waals surface area contributed by atoms with E-state index in [0.717, 1.165) is 23.1 Å². The van der Waals surface area contributed by atoms with Gasteiger partial charge in [0.15, 0.2) is 0 Å². The minimum atomic E-state index is 0.0686. The first-order chi connectivity index (χ1) is 9.71. The molecule has 1 aromatic heterocycles. The lowest BCUT2D eigenvalue weighted by molar-refractivity contribution is 0.732. The predicted octanol–water partition coefficient (Wildman–Crippen LogP) is 4.86. The number of aromatic amines is 1. The summed E-state index contributed by atoms with van der Waals surface area (Å²) in [4.78, 5) is 8.26. The number of benzene rings is 1. The summed E-state index contributed by atoms with van der Waals surface area (Å²) in [5.41, 5.74) is 2.67. The average molecular weight is 347 g/mol.